The van der Waals surface area contributed by atoms with Crippen LogP contribution in [0.3, 0.4) is 0 Å². The maximum atomic E-state index is 4.71. The van der Waals surface area contributed by atoms with Gasteiger partial charge in [0.15, 0.2) is 0 Å². The van der Waals surface area contributed by atoms with E-state index >= 15 is 0 Å². The average molecular weight is 287 g/mol. The van der Waals surface area contributed by atoms with Gasteiger partial charge >= 0.3 is 0 Å². The van der Waals surface area contributed by atoms with Gasteiger partial charge in [-0.05, 0) is 38.3 Å². The zero-order valence-electron chi connectivity index (χ0n) is 13.6. The fourth-order valence-corrected chi connectivity index (χ4v) is 4.08. The maximum Gasteiger partial charge on any atom is 0.0547 e. The standard InChI is InChI=1S/C18H29N3/c1-3-17-12-19-18(10-5-4-6-11-18)14-21(17)13-16-9-7-8-15(2)20-16/h7-9,17,19H,3-6,10-14H2,1-2H3. The first kappa shape index (κ1) is 15.0. The summed E-state index contributed by atoms with van der Waals surface area (Å²) in [6, 6.07) is 7.05. The highest BCUT2D eigenvalue weighted by Crippen LogP contribution is 2.32. The highest BCUT2D eigenvalue weighted by Gasteiger charge is 2.39. The molecule has 1 spiro atoms. The van der Waals surface area contributed by atoms with Crippen molar-refractivity contribution in [2.45, 2.75) is 70.5 Å². The molecule has 1 unspecified atom stereocenters. The van der Waals surface area contributed by atoms with Crippen LogP contribution in [0, 0.1) is 6.92 Å². The van der Waals surface area contributed by atoms with Crippen molar-refractivity contribution >= 4 is 0 Å². The third kappa shape index (κ3) is 3.46. The molecule has 0 amide bonds. The number of nitrogens with one attached hydrogen (secondary N) is 1. The molecule has 0 radical (unpaired) electrons. The highest BCUT2D eigenvalue weighted by molar-refractivity contribution is 5.11. The van der Waals surface area contributed by atoms with Gasteiger partial charge in [-0.25, -0.2) is 0 Å². The third-order valence-electron chi connectivity index (χ3n) is 5.33. The molecule has 2 heterocycles. The Kier molecular flexibility index (Phi) is 4.60. The van der Waals surface area contributed by atoms with Crippen LogP contribution in [0.5, 0.6) is 0 Å². The molecule has 1 N–H and O–H groups in total. The predicted molar refractivity (Wildman–Crippen MR) is 87.3 cm³/mol. The molecule has 1 atom stereocenters. The molecule has 1 saturated carbocycles. The topological polar surface area (TPSA) is 28.2 Å². The molecule has 1 aromatic rings. The van der Waals surface area contributed by atoms with Crippen molar-refractivity contribution in [1.82, 2.24) is 15.2 Å². The van der Waals surface area contributed by atoms with Gasteiger partial charge in [0, 0.05) is 36.9 Å². The Balaban J connectivity index is 1.73. The van der Waals surface area contributed by atoms with Gasteiger partial charge in [0.2, 0.25) is 0 Å². The molecular weight excluding hydrogens is 258 g/mol. The van der Waals surface area contributed by atoms with Gasteiger partial charge in [-0.3, -0.25) is 9.88 Å². The minimum Gasteiger partial charge on any atom is -0.308 e. The lowest BCUT2D eigenvalue weighted by Crippen LogP contribution is -2.64. The van der Waals surface area contributed by atoms with Gasteiger partial charge in [-0.2, -0.15) is 0 Å². The SMILES string of the molecule is CCC1CNC2(CCCCC2)CN1Cc1cccc(C)n1. The second-order valence-electron chi connectivity index (χ2n) is 6.96. The first-order valence-corrected chi connectivity index (χ1v) is 8.62. The highest BCUT2D eigenvalue weighted by atomic mass is 15.3. The molecule has 21 heavy (non-hydrogen) atoms. The molecule has 3 heteroatoms. The summed E-state index contributed by atoms with van der Waals surface area (Å²) >= 11 is 0. The number of rotatable bonds is 3. The second kappa shape index (κ2) is 6.45. The number of hydrogen-bond acceptors (Lipinski definition) is 3. The van der Waals surface area contributed by atoms with Gasteiger partial charge in [-0.15, -0.1) is 0 Å². The van der Waals surface area contributed by atoms with Crippen LogP contribution in [0.1, 0.15) is 56.8 Å². The summed E-state index contributed by atoms with van der Waals surface area (Å²) in [5.41, 5.74) is 2.73. The predicted octanol–water partition coefficient (Wildman–Crippen LogP) is 3.28. The van der Waals surface area contributed by atoms with E-state index in [1.165, 1.54) is 50.8 Å². The van der Waals surface area contributed by atoms with E-state index in [2.05, 4.69) is 42.3 Å². The Bertz CT molecular complexity index is 465. The van der Waals surface area contributed by atoms with Crippen LogP contribution in [0.25, 0.3) is 0 Å². The molecule has 116 valence electrons. The number of pyridine rings is 1. The Morgan fingerprint density at radius 3 is 2.81 bits per heavy atom. The van der Waals surface area contributed by atoms with Gasteiger partial charge in [0.25, 0.3) is 0 Å². The number of aryl methyl sites for hydroxylation is 1. The molecule has 1 aromatic heterocycles. The molecular formula is C18H29N3. The van der Waals surface area contributed by atoms with Gasteiger partial charge in [0.1, 0.15) is 0 Å². The van der Waals surface area contributed by atoms with Gasteiger partial charge in [0.05, 0.1) is 5.69 Å². The fraction of sp³-hybridized carbons (Fsp3) is 0.722. The van der Waals surface area contributed by atoms with Crippen LogP contribution >= 0.6 is 0 Å². The lowest BCUT2D eigenvalue weighted by molar-refractivity contribution is 0.0475. The number of hydrogen-bond donors (Lipinski definition) is 1. The van der Waals surface area contributed by atoms with Crippen LogP contribution in [0.15, 0.2) is 18.2 Å². The minimum absolute atomic E-state index is 0.383. The van der Waals surface area contributed by atoms with E-state index in [4.69, 9.17) is 4.98 Å². The first-order chi connectivity index (χ1) is 10.2. The second-order valence-corrected chi connectivity index (χ2v) is 6.96. The molecule has 2 fully saturated rings. The molecule has 0 aromatic carbocycles. The molecule has 1 saturated heterocycles. The number of piperazine rings is 1. The van der Waals surface area contributed by atoms with Crippen LogP contribution in [-0.4, -0.2) is 34.6 Å². The quantitative estimate of drug-likeness (QED) is 0.925. The Morgan fingerprint density at radius 1 is 1.29 bits per heavy atom. The number of aromatic nitrogens is 1. The van der Waals surface area contributed by atoms with Gasteiger partial charge < -0.3 is 5.32 Å². The first-order valence-electron chi connectivity index (χ1n) is 8.62. The summed E-state index contributed by atoms with van der Waals surface area (Å²) in [5.74, 6) is 0. The Hall–Kier alpha value is -0.930. The third-order valence-corrected chi connectivity index (χ3v) is 5.33. The molecule has 3 nitrogen and oxygen atoms in total. The molecule has 2 aliphatic rings. The van der Waals surface area contributed by atoms with E-state index < -0.39 is 0 Å². The van der Waals surface area contributed by atoms with Crippen LogP contribution in [0.2, 0.25) is 0 Å². The summed E-state index contributed by atoms with van der Waals surface area (Å²) in [6.07, 6.45) is 8.11. The monoisotopic (exact) mass is 287 g/mol. The average Bonchev–Trinajstić information content (AvgIpc) is 2.48. The van der Waals surface area contributed by atoms with Crippen LogP contribution < -0.4 is 5.32 Å². The van der Waals surface area contributed by atoms with Crippen molar-refractivity contribution < 1.29 is 0 Å². The lowest BCUT2D eigenvalue weighted by atomic mass is 9.79. The van der Waals surface area contributed by atoms with E-state index in [1.54, 1.807) is 0 Å². The Morgan fingerprint density at radius 2 is 2.10 bits per heavy atom. The van der Waals surface area contributed by atoms with E-state index in [-0.39, 0.29) is 0 Å². The smallest absolute Gasteiger partial charge is 0.0547 e. The number of nitrogens with zero attached hydrogens (tertiary/aromatic N) is 2. The minimum atomic E-state index is 0.383. The van der Waals surface area contributed by atoms with Crippen molar-refractivity contribution in [3.05, 3.63) is 29.6 Å². The van der Waals surface area contributed by atoms with E-state index in [9.17, 15) is 0 Å². The largest absolute Gasteiger partial charge is 0.308 e. The zero-order valence-corrected chi connectivity index (χ0v) is 13.6. The molecule has 3 rings (SSSR count). The van der Waals surface area contributed by atoms with Gasteiger partial charge in [-0.1, -0.05) is 32.3 Å². The van der Waals surface area contributed by atoms with Crippen LogP contribution in [0.4, 0.5) is 0 Å². The summed E-state index contributed by atoms with van der Waals surface area (Å²) in [6.45, 7) is 7.73. The fourth-order valence-electron chi connectivity index (χ4n) is 4.08. The zero-order chi connectivity index (χ0) is 14.7. The maximum absolute atomic E-state index is 4.71. The summed E-state index contributed by atoms with van der Waals surface area (Å²) < 4.78 is 0. The normalized spacial score (nSPS) is 26.1. The van der Waals surface area contributed by atoms with Crippen LogP contribution in [-0.2, 0) is 6.54 Å². The van der Waals surface area contributed by atoms with Crippen molar-refractivity contribution in [1.29, 1.82) is 0 Å². The molecule has 0 bridgehead atoms. The molecule has 1 aliphatic carbocycles. The van der Waals surface area contributed by atoms with Crippen molar-refractivity contribution in [2.24, 2.45) is 0 Å². The van der Waals surface area contributed by atoms with E-state index in [0.29, 0.717) is 11.6 Å². The summed E-state index contributed by atoms with van der Waals surface area (Å²) in [5, 5.41) is 3.90. The lowest BCUT2D eigenvalue weighted by Gasteiger charge is -2.49. The Labute approximate surface area is 129 Å². The van der Waals surface area contributed by atoms with Crippen molar-refractivity contribution in [2.75, 3.05) is 13.1 Å². The van der Waals surface area contributed by atoms with E-state index in [0.717, 1.165) is 18.8 Å². The molecule has 1 aliphatic heterocycles. The summed E-state index contributed by atoms with van der Waals surface area (Å²) in [7, 11) is 0. The van der Waals surface area contributed by atoms with Crippen molar-refractivity contribution in [3.8, 4) is 0 Å². The summed E-state index contributed by atoms with van der Waals surface area (Å²) in [4.78, 5) is 7.39. The van der Waals surface area contributed by atoms with Crippen molar-refractivity contribution in [3.63, 3.8) is 0 Å². The van der Waals surface area contributed by atoms with E-state index in [1.807, 2.05) is 0 Å².